The lowest BCUT2D eigenvalue weighted by molar-refractivity contribution is 0.0285. The summed E-state index contributed by atoms with van der Waals surface area (Å²) in [5.74, 6) is 1.30. The van der Waals surface area contributed by atoms with Crippen LogP contribution in [0, 0.1) is 5.41 Å². The Morgan fingerprint density at radius 3 is 2.82 bits per heavy atom. The summed E-state index contributed by atoms with van der Waals surface area (Å²) in [7, 11) is 1.56. The molecule has 34 heavy (non-hydrogen) atoms. The van der Waals surface area contributed by atoms with E-state index in [0.717, 1.165) is 61.7 Å². The number of methoxy groups -OCH3 is 1. The number of nitrogens with zero attached hydrogens (tertiary/aromatic N) is 5. The van der Waals surface area contributed by atoms with Gasteiger partial charge in [-0.25, -0.2) is 19.7 Å². The molecule has 1 saturated heterocycles. The fourth-order valence-corrected chi connectivity index (χ4v) is 5.21. The van der Waals surface area contributed by atoms with E-state index in [1.807, 2.05) is 31.7 Å². The summed E-state index contributed by atoms with van der Waals surface area (Å²) in [5, 5.41) is 4.16. The molecule has 2 atom stereocenters. The van der Waals surface area contributed by atoms with Gasteiger partial charge < -0.3 is 24.6 Å². The van der Waals surface area contributed by atoms with Crippen LogP contribution in [0.2, 0.25) is 5.02 Å². The number of hydrogen-bond acceptors (Lipinski definition) is 8. The minimum Gasteiger partial charge on any atom is -0.480 e. The molecule has 10 heteroatoms. The first-order valence-electron chi connectivity index (χ1n) is 11.7. The predicted octanol–water partition coefficient (Wildman–Crippen LogP) is 3.91. The highest BCUT2D eigenvalue weighted by Gasteiger charge is 2.59. The normalized spacial score (nSPS) is 23.6. The number of halogens is 1. The average molecular weight is 487 g/mol. The third kappa shape index (κ3) is 4.45. The third-order valence-corrected chi connectivity index (χ3v) is 7.16. The van der Waals surface area contributed by atoms with Crippen molar-refractivity contribution in [3.63, 3.8) is 0 Å². The minimum absolute atomic E-state index is 0.0938. The molecule has 2 fully saturated rings. The molecule has 0 unspecified atom stereocenters. The van der Waals surface area contributed by atoms with Crippen LogP contribution in [0.1, 0.15) is 44.9 Å². The Balaban J connectivity index is 1.27. The van der Waals surface area contributed by atoms with Crippen molar-refractivity contribution < 1.29 is 14.3 Å². The number of aromatic nitrogens is 3. The van der Waals surface area contributed by atoms with Crippen LogP contribution >= 0.6 is 11.6 Å². The van der Waals surface area contributed by atoms with Crippen LogP contribution in [0.3, 0.4) is 0 Å². The van der Waals surface area contributed by atoms with Crippen molar-refractivity contribution in [1.29, 1.82) is 0 Å². The number of carbonyl (C=O) groups is 1. The second-order valence-electron chi connectivity index (χ2n) is 10.4. The maximum atomic E-state index is 12.5. The fraction of sp³-hybridized carbons (Fsp3) is 0.583. The number of carbonyl (C=O) groups excluding carboxylic acids is 1. The molecule has 1 spiro atoms. The maximum Gasteiger partial charge on any atom is 0.410 e. The molecule has 0 bridgehead atoms. The summed E-state index contributed by atoms with van der Waals surface area (Å²) >= 11 is 6.31. The largest absolute Gasteiger partial charge is 0.480 e. The fourth-order valence-electron chi connectivity index (χ4n) is 4.97. The summed E-state index contributed by atoms with van der Waals surface area (Å²) in [6.07, 6.45) is 6.01. The Morgan fingerprint density at radius 2 is 2.09 bits per heavy atom. The summed E-state index contributed by atoms with van der Waals surface area (Å²) in [6, 6.07) is 2.17. The van der Waals surface area contributed by atoms with E-state index < -0.39 is 5.60 Å². The first-order chi connectivity index (χ1) is 16.2. The Labute approximate surface area is 204 Å². The zero-order valence-corrected chi connectivity index (χ0v) is 20.9. The number of amides is 1. The van der Waals surface area contributed by atoms with Crippen LogP contribution in [0.5, 0.6) is 5.88 Å². The molecule has 0 radical (unpaired) electrons. The van der Waals surface area contributed by atoms with E-state index in [4.69, 9.17) is 21.1 Å². The van der Waals surface area contributed by atoms with E-state index in [0.29, 0.717) is 17.4 Å². The number of hydrogen-bond donors (Lipinski definition) is 1. The minimum atomic E-state index is -0.483. The molecule has 2 aliphatic heterocycles. The number of anilines is 2. The number of ether oxygens (including phenoxy) is 2. The molecular formula is C24H31ClN6O3. The van der Waals surface area contributed by atoms with Gasteiger partial charge in [-0.2, -0.15) is 0 Å². The smallest absolute Gasteiger partial charge is 0.410 e. The molecule has 3 aliphatic rings. The molecule has 5 rings (SSSR count). The Kier molecular flexibility index (Phi) is 5.70. The van der Waals surface area contributed by atoms with Gasteiger partial charge in [0.05, 0.1) is 24.7 Å². The van der Waals surface area contributed by atoms with Gasteiger partial charge in [-0.15, -0.1) is 0 Å². The number of fused-ring (bicyclic) bond motifs is 1. The van der Waals surface area contributed by atoms with Crippen molar-refractivity contribution in [3.05, 3.63) is 34.9 Å². The number of nitrogens with one attached hydrogen (secondary N) is 1. The van der Waals surface area contributed by atoms with E-state index in [-0.39, 0.29) is 17.6 Å². The van der Waals surface area contributed by atoms with Crippen molar-refractivity contribution in [2.24, 2.45) is 5.41 Å². The van der Waals surface area contributed by atoms with E-state index in [1.165, 1.54) is 0 Å². The van der Waals surface area contributed by atoms with Crippen molar-refractivity contribution in [1.82, 2.24) is 19.9 Å². The van der Waals surface area contributed by atoms with Gasteiger partial charge in [-0.1, -0.05) is 11.6 Å². The monoisotopic (exact) mass is 486 g/mol. The Morgan fingerprint density at radius 1 is 1.26 bits per heavy atom. The van der Waals surface area contributed by atoms with Crippen molar-refractivity contribution in [3.8, 4) is 5.88 Å². The zero-order valence-electron chi connectivity index (χ0n) is 20.1. The van der Waals surface area contributed by atoms with Crippen LogP contribution in [0.25, 0.3) is 0 Å². The molecule has 2 aromatic heterocycles. The highest BCUT2D eigenvalue weighted by atomic mass is 35.5. The van der Waals surface area contributed by atoms with Gasteiger partial charge in [-0.05, 0) is 39.7 Å². The summed E-state index contributed by atoms with van der Waals surface area (Å²) in [6.45, 7) is 8.64. The maximum absolute atomic E-state index is 12.5. The second kappa shape index (κ2) is 8.45. The topological polar surface area (TPSA) is 92.7 Å². The SMILES string of the molecule is COc1ncc(N2CCc3ncnc(N[C@@H]4C[C@]45CCN(C(=O)OC(C)(C)C)C5)c3C2)cc1Cl. The molecule has 2 aromatic rings. The molecule has 9 nitrogen and oxygen atoms in total. The van der Waals surface area contributed by atoms with Gasteiger partial charge in [0.25, 0.3) is 0 Å². The first-order valence-corrected chi connectivity index (χ1v) is 12.1. The zero-order chi connectivity index (χ0) is 24.1. The molecular weight excluding hydrogens is 456 g/mol. The molecule has 1 saturated carbocycles. The lowest BCUT2D eigenvalue weighted by Gasteiger charge is -2.31. The van der Waals surface area contributed by atoms with Crippen LogP contribution in [0.4, 0.5) is 16.3 Å². The average Bonchev–Trinajstić information content (AvgIpc) is 3.26. The first kappa shape index (κ1) is 23.0. The molecule has 1 aliphatic carbocycles. The molecule has 1 amide bonds. The highest BCUT2D eigenvalue weighted by Crippen LogP contribution is 2.54. The number of likely N-dealkylation sites (tertiary alicyclic amines) is 1. The van der Waals surface area contributed by atoms with Crippen molar-refractivity contribution in [2.75, 3.05) is 37.0 Å². The van der Waals surface area contributed by atoms with E-state index in [2.05, 4.69) is 25.2 Å². The molecule has 182 valence electrons. The lowest BCUT2D eigenvalue weighted by atomic mass is 10.0. The molecule has 4 heterocycles. The van der Waals surface area contributed by atoms with Crippen LogP contribution in [-0.4, -0.2) is 64.3 Å². The third-order valence-electron chi connectivity index (χ3n) is 6.89. The highest BCUT2D eigenvalue weighted by molar-refractivity contribution is 6.32. The van der Waals surface area contributed by atoms with Crippen LogP contribution in [-0.2, 0) is 17.7 Å². The van der Waals surface area contributed by atoms with E-state index in [9.17, 15) is 4.79 Å². The quantitative estimate of drug-likeness (QED) is 0.695. The van der Waals surface area contributed by atoms with Crippen LogP contribution in [0.15, 0.2) is 18.6 Å². The van der Waals surface area contributed by atoms with Gasteiger partial charge in [0.15, 0.2) is 0 Å². The number of pyridine rings is 1. The van der Waals surface area contributed by atoms with Crippen LogP contribution < -0.4 is 15.0 Å². The van der Waals surface area contributed by atoms with Crippen molar-refractivity contribution >= 4 is 29.2 Å². The Hall–Kier alpha value is -2.81. The summed E-state index contributed by atoms with van der Waals surface area (Å²) < 4.78 is 10.7. The van der Waals surface area contributed by atoms with E-state index in [1.54, 1.807) is 19.6 Å². The van der Waals surface area contributed by atoms with Gasteiger partial charge in [0.1, 0.15) is 22.8 Å². The molecule has 1 N–H and O–H groups in total. The van der Waals surface area contributed by atoms with Gasteiger partial charge in [-0.3, -0.25) is 0 Å². The predicted molar refractivity (Wildman–Crippen MR) is 129 cm³/mol. The molecule has 0 aromatic carbocycles. The van der Waals surface area contributed by atoms with Gasteiger partial charge >= 0.3 is 6.09 Å². The van der Waals surface area contributed by atoms with E-state index >= 15 is 0 Å². The number of rotatable bonds is 4. The van der Waals surface area contributed by atoms with Gasteiger partial charge in [0, 0.05) is 49.6 Å². The lowest BCUT2D eigenvalue weighted by Crippen LogP contribution is -2.36. The second-order valence-corrected chi connectivity index (χ2v) is 10.8. The Bertz CT molecular complexity index is 1110. The van der Waals surface area contributed by atoms with Gasteiger partial charge in [0.2, 0.25) is 5.88 Å². The summed E-state index contributed by atoms with van der Waals surface area (Å²) in [4.78, 5) is 30.0. The standard InChI is InChI=1S/C24H31ClN6O3/c1-23(2,3)34-22(32)31-8-6-24(13-31)10-19(24)29-20-16-12-30(7-5-18(16)27-14-28-20)15-9-17(25)21(33-4)26-11-15/h9,11,14,19H,5-8,10,12-13H2,1-4H3,(H,27,28,29)/t19-,24+/m1/s1. The van der Waals surface area contributed by atoms with Crippen molar-refractivity contribution in [2.45, 2.75) is 58.2 Å². The summed E-state index contributed by atoms with van der Waals surface area (Å²) in [5.41, 5.74) is 2.72.